The van der Waals surface area contributed by atoms with Crippen LogP contribution in [0, 0.1) is 6.92 Å². The van der Waals surface area contributed by atoms with Crippen LogP contribution in [0.5, 0.6) is 0 Å². The van der Waals surface area contributed by atoms with Crippen molar-refractivity contribution in [2.24, 2.45) is 0 Å². The number of hydrogen-bond acceptors (Lipinski definition) is 5. The number of carbonyl (C=O) groups excluding carboxylic acids is 3. The third kappa shape index (κ3) is 7.60. The summed E-state index contributed by atoms with van der Waals surface area (Å²) in [6, 6.07) is 21.7. The van der Waals surface area contributed by atoms with Crippen molar-refractivity contribution >= 4 is 34.9 Å². The average Bonchev–Trinajstić information content (AvgIpc) is 3.62. The predicted octanol–water partition coefficient (Wildman–Crippen LogP) is 7.54. The van der Waals surface area contributed by atoms with E-state index in [0.717, 1.165) is 45.3 Å². The van der Waals surface area contributed by atoms with Gasteiger partial charge in [-0.15, -0.1) is 5.06 Å². The summed E-state index contributed by atoms with van der Waals surface area (Å²) in [6.45, 7) is 14.2. The summed E-state index contributed by atoms with van der Waals surface area (Å²) in [5.74, 6) is -1.43. The van der Waals surface area contributed by atoms with Crippen molar-refractivity contribution in [1.29, 1.82) is 0 Å². The molecule has 8 nitrogen and oxygen atoms in total. The number of benzene rings is 2. The number of amides is 2. The van der Waals surface area contributed by atoms with E-state index in [1.54, 1.807) is 0 Å². The maximum absolute atomic E-state index is 12.3. The second-order valence-electron chi connectivity index (χ2n) is 15.1. The lowest BCUT2D eigenvalue weighted by molar-refractivity contribution is -0.697. The standard InChI is InChI=1S/C43H52N4O4/c1-32-22-23-36-34(31-32)43(4,5)38(46(36)30-15-14-28-44-26-11-7-12-27-44)20-16-19-37-42(2,3)33-17-9-10-18-35(33)45(37)29-13-6-8-21-41(50)51-47-39(48)24-25-40(47)49/h7,9-12,16-20,22-23,26-27,31H,6,8,13-15,21,24-25,28-30H2,1-5H3/q+2. The topological polar surface area (TPSA) is 73.8 Å². The highest BCUT2D eigenvalue weighted by molar-refractivity contribution is 6.03. The molecule has 51 heavy (non-hydrogen) atoms. The number of para-hydroxylation sites is 1. The number of anilines is 1. The molecule has 6 rings (SSSR count). The highest BCUT2D eigenvalue weighted by Crippen LogP contribution is 2.48. The molecule has 1 saturated heterocycles. The minimum atomic E-state index is -0.536. The van der Waals surface area contributed by atoms with Crippen molar-refractivity contribution in [3.05, 3.63) is 114 Å². The Morgan fingerprint density at radius 1 is 0.824 bits per heavy atom. The van der Waals surface area contributed by atoms with Crippen molar-refractivity contribution in [3.63, 3.8) is 0 Å². The molecule has 3 aliphatic rings. The van der Waals surface area contributed by atoms with Gasteiger partial charge in [-0.1, -0.05) is 61.9 Å². The molecule has 0 aliphatic carbocycles. The van der Waals surface area contributed by atoms with Crippen LogP contribution in [0.1, 0.15) is 95.8 Å². The van der Waals surface area contributed by atoms with Gasteiger partial charge < -0.3 is 9.74 Å². The van der Waals surface area contributed by atoms with Crippen LogP contribution in [-0.2, 0) is 36.6 Å². The van der Waals surface area contributed by atoms with Crippen LogP contribution in [0.2, 0.25) is 0 Å². The molecular formula is C43H52N4O4+2. The Labute approximate surface area is 302 Å². The zero-order chi connectivity index (χ0) is 36.2. The van der Waals surface area contributed by atoms with Crippen molar-refractivity contribution in [1.82, 2.24) is 5.06 Å². The maximum Gasteiger partial charge on any atom is 0.333 e. The maximum atomic E-state index is 12.3. The molecule has 1 aromatic heterocycles. The first-order valence-corrected chi connectivity index (χ1v) is 18.5. The summed E-state index contributed by atoms with van der Waals surface area (Å²) in [5.41, 5.74) is 8.76. The number of nitrogens with zero attached hydrogens (tertiary/aromatic N) is 4. The average molecular weight is 689 g/mol. The van der Waals surface area contributed by atoms with Gasteiger partial charge in [0.25, 0.3) is 11.8 Å². The van der Waals surface area contributed by atoms with E-state index in [-0.39, 0.29) is 30.1 Å². The summed E-state index contributed by atoms with van der Waals surface area (Å²) in [4.78, 5) is 43.5. The molecule has 0 atom stereocenters. The molecule has 3 aliphatic heterocycles. The fraction of sp³-hybridized carbons (Fsp3) is 0.419. The molecule has 0 radical (unpaired) electrons. The Balaban J connectivity index is 1.18. The lowest BCUT2D eigenvalue weighted by Gasteiger charge is -2.27. The van der Waals surface area contributed by atoms with E-state index < -0.39 is 17.8 Å². The first-order chi connectivity index (χ1) is 24.5. The van der Waals surface area contributed by atoms with E-state index in [9.17, 15) is 14.4 Å². The molecule has 0 saturated carbocycles. The van der Waals surface area contributed by atoms with Gasteiger partial charge in [0.15, 0.2) is 18.1 Å². The van der Waals surface area contributed by atoms with Gasteiger partial charge in [0, 0.05) is 85.3 Å². The number of imide groups is 1. The van der Waals surface area contributed by atoms with Gasteiger partial charge in [-0.2, -0.15) is 4.58 Å². The van der Waals surface area contributed by atoms with Crippen molar-refractivity contribution in [2.75, 3.05) is 18.0 Å². The Hall–Kier alpha value is -4.85. The second-order valence-corrected chi connectivity index (χ2v) is 15.1. The number of fused-ring (bicyclic) bond motifs is 2. The van der Waals surface area contributed by atoms with Crippen LogP contribution < -0.4 is 9.47 Å². The largest absolute Gasteiger partial charge is 0.344 e. The molecule has 0 bridgehead atoms. The number of aryl methyl sites for hydroxylation is 2. The van der Waals surface area contributed by atoms with Crippen molar-refractivity contribution in [3.8, 4) is 0 Å². The number of rotatable bonds is 14. The van der Waals surface area contributed by atoms with Crippen LogP contribution in [-0.4, -0.2) is 46.2 Å². The van der Waals surface area contributed by atoms with Gasteiger partial charge >= 0.3 is 5.97 Å². The normalized spacial score (nSPS) is 18.3. The molecule has 4 heterocycles. The molecular weight excluding hydrogens is 636 g/mol. The number of allylic oxidation sites excluding steroid dienone is 4. The zero-order valence-corrected chi connectivity index (χ0v) is 30.9. The van der Waals surface area contributed by atoms with Gasteiger partial charge in [0.05, 0.1) is 5.41 Å². The fourth-order valence-electron chi connectivity index (χ4n) is 7.81. The number of hydrogen-bond donors (Lipinski definition) is 0. The SMILES string of the molecule is Cc1ccc2c(c1)C(C)(C)/C(=C\C=C\C1=[N+](CCCCCC(=O)ON3C(=O)CCC3=O)c3ccccc3C1(C)C)N2CCCC[n+]1ccccc1. The molecule has 2 amide bonds. The Morgan fingerprint density at radius 3 is 2.31 bits per heavy atom. The second kappa shape index (κ2) is 15.2. The van der Waals surface area contributed by atoms with Crippen LogP contribution in [0.3, 0.4) is 0 Å². The Kier molecular flexibility index (Phi) is 10.7. The third-order valence-corrected chi connectivity index (χ3v) is 10.6. The summed E-state index contributed by atoms with van der Waals surface area (Å²) in [7, 11) is 0. The van der Waals surface area contributed by atoms with E-state index in [0.29, 0.717) is 11.5 Å². The highest BCUT2D eigenvalue weighted by Gasteiger charge is 2.44. The molecule has 0 N–H and O–H groups in total. The van der Waals surface area contributed by atoms with E-state index in [4.69, 9.17) is 4.84 Å². The summed E-state index contributed by atoms with van der Waals surface area (Å²) in [6.07, 6.45) is 16.0. The van der Waals surface area contributed by atoms with Crippen LogP contribution in [0.15, 0.2) is 97.0 Å². The van der Waals surface area contributed by atoms with E-state index in [2.05, 4.69) is 140 Å². The smallest absolute Gasteiger partial charge is 0.333 e. The van der Waals surface area contributed by atoms with Crippen LogP contribution in [0.4, 0.5) is 11.4 Å². The van der Waals surface area contributed by atoms with E-state index in [1.807, 2.05) is 0 Å². The monoisotopic (exact) mass is 688 g/mol. The van der Waals surface area contributed by atoms with E-state index in [1.165, 1.54) is 39.5 Å². The number of unbranched alkanes of at least 4 members (excludes halogenated alkanes) is 3. The van der Waals surface area contributed by atoms with Gasteiger partial charge in [-0.25, -0.2) is 9.36 Å². The van der Waals surface area contributed by atoms with Crippen LogP contribution >= 0.6 is 0 Å². The molecule has 0 unspecified atom stereocenters. The number of hydroxylamine groups is 2. The van der Waals surface area contributed by atoms with Gasteiger partial charge in [-0.05, 0) is 57.7 Å². The quantitative estimate of drug-likeness (QED) is 0.0994. The minimum Gasteiger partial charge on any atom is -0.344 e. The van der Waals surface area contributed by atoms with Gasteiger partial charge in [0.1, 0.15) is 13.1 Å². The molecule has 266 valence electrons. The van der Waals surface area contributed by atoms with Crippen molar-refractivity contribution in [2.45, 2.75) is 103 Å². The molecule has 0 spiro atoms. The van der Waals surface area contributed by atoms with Gasteiger partial charge in [0.2, 0.25) is 5.69 Å². The van der Waals surface area contributed by atoms with Gasteiger partial charge in [-0.3, -0.25) is 9.59 Å². The Morgan fingerprint density at radius 2 is 1.55 bits per heavy atom. The first kappa shape index (κ1) is 36.0. The summed E-state index contributed by atoms with van der Waals surface area (Å²) in [5, 5.41) is 0.630. The highest BCUT2D eigenvalue weighted by atomic mass is 16.7. The summed E-state index contributed by atoms with van der Waals surface area (Å²) < 4.78 is 4.69. The van der Waals surface area contributed by atoms with E-state index >= 15 is 0 Å². The molecule has 1 fully saturated rings. The first-order valence-electron chi connectivity index (χ1n) is 18.5. The lowest BCUT2D eigenvalue weighted by Crippen LogP contribution is -2.33. The number of aromatic nitrogens is 1. The number of carbonyl (C=O) groups is 3. The number of pyridine rings is 1. The molecule has 2 aromatic carbocycles. The third-order valence-electron chi connectivity index (χ3n) is 10.6. The Bertz CT molecular complexity index is 1870. The summed E-state index contributed by atoms with van der Waals surface area (Å²) >= 11 is 0. The predicted molar refractivity (Wildman–Crippen MR) is 200 cm³/mol. The van der Waals surface area contributed by atoms with Crippen LogP contribution in [0.25, 0.3) is 0 Å². The fourth-order valence-corrected chi connectivity index (χ4v) is 7.81. The molecule has 3 aromatic rings. The van der Waals surface area contributed by atoms with Crippen molar-refractivity contribution < 1.29 is 28.4 Å². The molecule has 8 heteroatoms. The lowest BCUT2D eigenvalue weighted by atomic mass is 9.81. The zero-order valence-electron chi connectivity index (χ0n) is 30.9. The minimum absolute atomic E-state index is 0.0992.